The summed E-state index contributed by atoms with van der Waals surface area (Å²) in [5.74, 6) is 0.150. The van der Waals surface area contributed by atoms with Crippen LogP contribution in [-0.2, 0) is 4.79 Å². The lowest BCUT2D eigenvalue weighted by Gasteiger charge is -2.17. The van der Waals surface area contributed by atoms with Gasteiger partial charge in [-0.15, -0.1) is 0 Å². The smallest absolute Gasteiger partial charge is 0.273 e. The number of non-ortho nitro benzene ring substituents is 1. The molecule has 1 N–H and O–H groups in total. The second-order valence-electron chi connectivity index (χ2n) is 5.00. The van der Waals surface area contributed by atoms with Gasteiger partial charge in [-0.2, -0.15) is 0 Å². The first-order valence-corrected chi connectivity index (χ1v) is 6.78. The van der Waals surface area contributed by atoms with Crippen LogP contribution in [0.4, 0.5) is 5.69 Å². The molecule has 1 aliphatic rings. The second-order valence-corrected chi connectivity index (χ2v) is 5.00. The van der Waals surface area contributed by atoms with E-state index in [0.29, 0.717) is 5.75 Å². The molecule has 0 heterocycles. The van der Waals surface area contributed by atoms with Crippen molar-refractivity contribution < 1.29 is 14.5 Å². The summed E-state index contributed by atoms with van der Waals surface area (Å²) in [5.41, 5.74) is -0.0501. The zero-order valence-electron chi connectivity index (χ0n) is 11.4. The van der Waals surface area contributed by atoms with Crippen molar-refractivity contribution in [2.75, 3.05) is 0 Å². The van der Waals surface area contributed by atoms with Crippen LogP contribution in [0.3, 0.4) is 0 Å². The molecule has 2 rings (SSSR count). The molecule has 1 aliphatic carbocycles. The van der Waals surface area contributed by atoms with Gasteiger partial charge in [0.25, 0.3) is 11.6 Å². The molecule has 0 aromatic heterocycles. The lowest BCUT2D eigenvalue weighted by molar-refractivity contribution is -0.384. The van der Waals surface area contributed by atoms with Crippen LogP contribution in [0.1, 0.15) is 32.6 Å². The Bertz CT molecular complexity index is 498. The summed E-state index contributed by atoms with van der Waals surface area (Å²) in [6.07, 6.45) is 3.64. The van der Waals surface area contributed by atoms with E-state index in [4.69, 9.17) is 4.74 Å². The van der Waals surface area contributed by atoms with Crippen LogP contribution in [0, 0.1) is 10.1 Å². The Kier molecular flexibility index (Phi) is 4.55. The van der Waals surface area contributed by atoms with E-state index < -0.39 is 11.0 Å². The Hall–Kier alpha value is -2.11. The lowest BCUT2D eigenvalue weighted by Crippen LogP contribution is -2.41. The first-order valence-electron chi connectivity index (χ1n) is 6.78. The van der Waals surface area contributed by atoms with Crippen LogP contribution in [0.2, 0.25) is 0 Å². The van der Waals surface area contributed by atoms with Crippen LogP contribution in [0.15, 0.2) is 24.3 Å². The number of carbonyl (C=O) groups excluding carboxylic acids is 1. The number of benzene rings is 1. The quantitative estimate of drug-likeness (QED) is 0.662. The van der Waals surface area contributed by atoms with Gasteiger partial charge < -0.3 is 10.1 Å². The number of amides is 1. The maximum Gasteiger partial charge on any atom is 0.273 e. The molecule has 0 unspecified atom stereocenters. The largest absolute Gasteiger partial charge is 0.481 e. The molecule has 6 nitrogen and oxygen atoms in total. The van der Waals surface area contributed by atoms with Crippen LogP contribution in [0.25, 0.3) is 0 Å². The number of hydrogen-bond donors (Lipinski definition) is 1. The van der Waals surface area contributed by atoms with Crippen molar-refractivity contribution in [3.63, 3.8) is 0 Å². The topological polar surface area (TPSA) is 81.5 Å². The first-order chi connectivity index (χ1) is 9.56. The van der Waals surface area contributed by atoms with Gasteiger partial charge in [0.1, 0.15) is 5.75 Å². The molecule has 0 radical (unpaired) electrons. The molecule has 1 aromatic rings. The highest BCUT2D eigenvalue weighted by atomic mass is 16.6. The van der Waals surface area contributed by atoms with E-state index in [1.807, 2.05) is 0 Å². The summed E-state index contributed by atoms with van der Waals surface area (Å²) in [5, 5.41) is 13.6. The highest BCUT2D eigenvalue weighted by Crippen LogP contribution is 2.21. The van der Waals surface area contributed by atoms with Gasteiger partial charge in [0.15, 0.2) is 6.10 Å². The van der Waals surface area contributed by atoms with Gasteiger partial charge >= 0.3 is 0 Å². The van der Waals surface area contributed by atoms with Gasteiger partial charge in [-0.05, 0) is 25.8 Å². The third kappa shape index (κ3) is 3.69. The number of hydrogen-bond acceptors (Lipinski definition) is 4. The molecule has 0 saturated heterocycles. The highest BCUT2D eigenvalue weighted by molar-refractivity contribution is 5.81. The SMILES string of the molecule is C[C@H](Oc1cccc([N+](=O)[O-])c1)C(=O)NC1CCCC1. The van der Waals surface area contributed by atoms with Crippen molar-refractivity contribution in [3.05, 3.63) is 34.4 Å². The molecule has 0 bridgehead atoms. The van der Waals surface area contributed by atoms with Gasteiger partial charge in [-0.1, -0.05) is 18.9 Å². The number of nitro groups is 1. The fourth-order valence-electron chi connectivity index (χ4n) is 2.32. The van der Waals surface area contributed by atoms with Crippen molar-refractivity contribution in [2.45, 2.75) is 44.8 Å². The van der Waals surface area contributed by atoms with Crippen molar-refractivity contribution >= 4 is 11.6 Å². The Labute approximate surface area is 117 Å². The summed E-state index contributed by atoms with van der Waals surface area (Å²) in [6.45, 7) is 1.64. The maximum absolute atomic E-state index is 12.0. The predicted molar refractivity (Wildman–Crippen MR) is 73.6 cm³/mol. The van der Waals surface area contributed by atoms with Crippen molar-refractivity contribution in [2.24, 2.45) is 0 Å². The Morgan fingerprint density at radius 1 is 1.45 bits per heavy atom. The van der Waals surface area contributed by atoms with Crippen molar-refractivity contribution in [1.82, 2.24) is 5.32 Å². The molecule has 1 aromatic carbocycles. The number of rotatable bonds is 5. The average Bonchev–Trinajstić information content (AvgIpc) is 2.91. The molecule has 0 aliphatic heterocycles. The number of nitrogens with one attached hydrogen (secondary N) is 1. The molecule has 108 valence electrons. The Morgan fingerprint density at radius 2 is 2.15 bits per heavy atom. The summed E-state index contributed by atoms with van der Waals surface area (Å²) < 4.78 is 5.46. The molecule has 20 heavy (non-hydrogen) atoms. The number of ether oxygens (including phenoxy) is 1. The Balaban J connectivity index is 1.92. The molecule has 6 heteroatoms. The first kappa shape index (κ1) is 14.3. The fourth-order valence-corrected chi connectivity index (χ4v) is 2.32. The van der Waals surface area contributed by atoms with E-state index in [1.165, 1.54) is 18.2 Å². The molecule has 1 saturated carbocycles. The van der Waals surface area contributed by atoms with E-state index in [2.05, 4.69) is 5.32 Å². The zero-order chi connectivity index (χ0) is 14.5. The summed E-state index contributed by atoms with van der Waals surface area (Å²) in [7, 11) is 0. The minimum Gasteiger partial charge on any atom is -0.481 e. The van der Waals surface area contributed by atoms with Crippen LogP contribution < -0.4 is 10.1 Å². The molecule has 1 fully saturated rings. The summed E-state index contributed by atoms with van der Waals surface area (Å²) >= 11 is 0. The van der Waals surface area contributed by atoms with Gasteiger partial charge in [-0.25, -0.2) is 0 Å². The van der Waals surface area contributed by atoms with Crippen LogP contribution >= 0.6 is 0 Å². The van der Waals surface area contributed by atoms with Gasteiger partial charge in [0.05, 0.1) is 11.0 Å². The van der Waals surface area contributed by atoms with Crippen LogP contribution in [0.5, 0.6) is 5.75 Å². The number of nitro benzene ring substituents is 1. The van der Waals surface area contributed by atoms with E-state index >= 15 is 0 Å². The van der Waals surface area contributed by atoms with Gasteiger partial charge in [0, 0.05) is 12.1 Å². The number of carbonyl (C=O) groups is 1. The predicted octanol–water partition coefficient (Wildman–Crippen LogP) is 2.42. The second kappa shape index (κ2) is 6.36. The highest BCUT2D eigenvalue weighted by Gasteiger charge is 2.22. The minimum absolute atomic E-state index is 0.0501. The normalized spacial score (nSPS) is 16.6. The standard InChI is InChI=1S/C14H18N2O4/c1-10(14(17)15-11-5-2-3-6-11)20-13-8-4-7-12(9-13)16(18)19/h4,7-11H,2-3,5-6H2,1H3,(H,15,17)/t10-/m0/s1. The Morgan fingerprint density at radius 3 is 2.80 bits per heavy atom. The van der Waals surface area contributed by atoms with E-state index in [0.717, 1.165) is 25.7 Å². The monoisotopic (exact) mass is 278 g/mol. The fraction of sp³-hybridized carbons (Fsp3) is 0.500. The number of nitrogens with zero attached hydrogens (tertiary/aromatic N) is 1. The maximum atomic E-state index is 12.0. The van der Waals surface area contributed by atoms with E-state index in [-0.39, 0.29) is 17.6 Å². The van der Waals surface area contributed by atoms with Crippen molar-refractivity contribution in [1.29, 1.82) is 0 Å². The lowest BCUT2D eigenvalue weighted by atomic mass is 10.2. The average molecular weight is 278 g/mol. The molecule has 0 spiro atoms. The third-order valence-corrected chi connectivity index (χ3v) is 3.41. The van der Waals surface area contributed by atoms with Crippen molar-refractivity contribution in [3.8, 4) is 5.75 Å². The van der Waals surface area contributed by atoms with E-state index in [1.54, 1.807) is 13.0 Å². The molecule has 1 atom stereocenters. The molecule has 1 amide bonds. The van der Waals surface area contributed by atoms with Gasteiger partial charge in [0.2, 0.25) is 0 Å². The molecular weight excluding hydrogens is 260 g/mol. The summed E-state index contributed by atoms with van der Waals surface area (Å²) in [4.78, 5) is 22.1. The van der Waals surface area contributed by atoms with Gasteiger partial charge in [-0.3, -0.25) is 14.9 Å². The van der Waals surface area contributed by atoms with E-state index in [9.17, 15) is 14.9 Å². The summed E-state index contributed by atoms with van der Waals surface area (Å²) in [6, 6.07) is 6.08. The van der Waals surface area contributed by atoms with Crippen LogP contribution in [-0.4, -0.2) is 23.0 Å². The zero-order valence-corrected chi connectivity index (χ0v) is 11.4. The molecular formula is C14H18N2O4. The minimum atomic E-state index is -0.669. The third-order valence-electron chi connectivity index (χ3n) is 3.41.